The van der Waals surface area contributed by atoms with E-state index in [1.165, 1.54) is 25.8 Å². The highest BCUT2D eigenvalue weighted by Crippen LogP contribution is 2.17. The molecule has 0 radical (unpaired) electrons. The van der Waals surface area contributed by atoms with Gasteiger partial charge in [-0.3, -0.25) is 4.90 Å². The molecule has 0 bridgehead atoms. The first-order valence-corrected chi connectivity index (χ1v) is 5.77. The van der Waals surface area contributed by atoms with Crippen molar-refractivity contribution in [3.63, 3.8) is 0 Å². The van der Waals surface area contributed by atoms with Crippen LogP contribution in [-0.2, 0) is 0 Å². The number of piperidine rings is 1. The summed E-state index contributed by atoms with van der Waals surface area (Å²) < 4.78 is 0. The van der Waals surface area contributed by atoms with Crippen LogP contribution in [0.2, 0.25) is 0 Å². The zero-order valence-electron chi connectivity index (χ0n) is 9.50. The zero-order chi connectivity index (χ0) is 10.4. The minimum atomic E-state index is 0.326. The smallest absolute Gasteiger partial charge is 0.0586 e. The molecule has 0 aromatic carbocycles. The summed E-state index contributed by atoms with van der Waals surface area (Å²) in [6, 6.07) is 0.419. The first kappa shape index (κ1) is 12.0. The van der Waals surface area contributed by atoms with E-state index in [1.54, 1.807) is 0 Å². The molecule has 0 spiro atoms. The molecular formula is C11H24N2O. The van der Waals surface area contributed by atoms with Gasteiger partial charge < -0.3 is 10.4 Å². The summed E-state index contributed by atoms with van der Waals surface area (Å²) >= 11 is 0. The number of nitrogens with zero attached hydrogens (tertiary/aromatic N) is 1. The Morgan fingerprint density at radius 2 is 2.29 bits per heavy atom. The van der Waals surface area contributed by atoms with E-state index < -0.39 is 0 Å². The van der Waals surface area contributed by atoms with E-state index in [4.69, 9.17) is 0 Å². The van der Waals surface area contributed by atoms with Crippen LogP contribution >= 0.6 is 0 Å². The van der Waals surface area contributed by atoms with Crippen molar-refractivity contribution in [3.05, 3.63) is 0 Å². The fourth-order valence-corrected chi connectivity index (χ4v) is 2.32. The molecular weight excluding hydrogens is 176 g/mol. The van der Waals surface area contributed by atoms with Crippen molar-refractivity contribution >= 4 is 0 Å². The van der Waals surface area contributed by atoms with Crippen LogP contribution in [-0.4, -0.2) is 49.3 Å². The number of hydrogen-bond donors (Lipinski definition) is 2. The maximum atomic E-state index is 9.25. The standard InChI is InChI=1S/C11H24N2O/c1-10(7-12-2)8-13-6-4-3-5-11(13)9-14/h10-12,14H,3-9H2,1-2H3. The van der Waals surface area contributed by atoms with Gasteiger partial charge in [0.2, 0.25) is 0 Å². The molecule has 1 saturated heterocycles. The highest BCUT2D eigenvalue weighted by atomic mass is 16.3. The number of likely N-dealkylation sites (tertiary alicyclic amines) is 1. The molecule has 1 heterocycles. The number of hydrogen-bond acceptors (Lipinski definition) is 3. The molecule has 2 atom stereocenters. The maximum absolute atomic E-state index is 9.25. The number of rotatable bonds is 5. The van der Waals surface area contributed by atoms with Gasteiger partial charge in [0.05, 0.1) is 6.61 Å². The van der Waals surface area contributed by atoms with E-state index in [1.807, 2.05) is 7.05 Å². The predicted molar refractivity (Wildman–Crippen MR) is 59.4 cm³/mol. The summed E-state index contributed by atoms with van der Waals surface area (Å²) in [5.41, 5.74) is 0. The largest absolute Gasteiger partial charge is 0.395 e. The molecule has 2 N–H and O–H groups in total. The van der Waals surface area contributed by atoms with Gasteiger partial charge in [-0.05, 0) is 38.9 Å². The lowest BCUT2D eigenvalue weighted by Crippen LogP contribution is -2.45. The first-order chi connectivity index (χ1) is 6.77. The van der Waals surface area contributed by atoms with Crippen molar-refractivity contribution in [2.24, 2.45) is 5.92 Å². The third-order valence-electron chi connectivity index (χ3n) is 3.06. The van der Waals surface area contributed by atoms with E-state index >= 15 is 0 Å². The van der Waals surface area contributed by atoms with E-state index in [0.717, 1.165) is 13.1 Å². The molecule has 1 aliphatic rings. The minimum absolute atomic E-state index is 0.326. The summed E-state index contributed by atoms with van der Waals surface area (Å²) in [5.74, 6) is 0.673. The lowest BCUT2D eigenvalue weighted by atomic mass is 10.0. The number of aliphatic hydroxyl groups excluding tert-OH is 1. The van der Waals surface area contributed by atoms with E-state index in [9.17, 15) is 5.11 Å². The van der Waals surface area contributed by atoms with Gasteiger partial charge in [-0.25, -0.2) is 0 Å². The van der Waals surface area contributed by atoms with E-state index in [0.29, 0.717) is 18.6 Å². The molecule has 3 heteroatoms. The normalized spacial score (nSPS) is 26.4. The van der Waals surface area contributed by atoms with Crippen LogP contribution in [0.15, 0.2) is 0 Å². The third kappa shape index (κ3) is 3.56. The van der Waals surface area contributed by atoms with Crippen LogP contribution in [0.25, 0.3) is 0 Å². The quantitative estimate of drug-likeness (QED) is 0.685. The van der Waals surface area contributed by atoms with Crippen molar-refractivity contribution in [1.82, 2.24) is 10.2 Å². The molecule has 3 nitrogen and oxygen atoms in total. The van der Waals surface area contributed by atoms with Gasteiger partial charge in [-0.1, -0.05) is 13.3 Å². The second-order valence-electron chi connectivity index (χ2n) is 4.49. The molecule has 0 aromatic heterocycles. The topological polar surface area (TPSA) is 35.5 Å². The summed E-state index contributed by atoms with van der Waals surface area (Å²) in [6.45, 7) is 5.94. The van der Waals surface area contributed by atoms with Crippen LogP contribution in [0.5, 0.6) is 0 Å². The molecule has 1 fully saturated rings. The zero-order valence-corrected chi connectivity index (χ0v) is 9.50. The Hall–Kier alpha value is -0.120. The van der Waals surface area contributed by atoms with Crippen LogP contribution in [0.3, 0.4) is 0 Å². The van der Waals surface area contributed by atoms with Crippen molar-refractivity contribution in [3.8, 4) is 0 Å². The summed E-state index contributed by atoms with van der Waals surface area (Å²) in [6.07, 6.45) is 3.74. The third-order valence-corrected chi connectivity index (χ3v) is 3.06. The lowest BCUT2D eigenvalue weighted by molar-refractivity contribution is 0.0784. The van der Waals surface area contributed by atoms with Crippen molar-refractivity contribution in [2.75, 3.05) is 33.3 Å². The molecule has 1 rings (SSSR count). The highest BCUT2D eigenvalue weighted by Gasteiger charge is 2.22. The van der Waals surface area contributed by atoms with Gasteiger partial charge in [-0.15, -0.1) is 0 Å². The summed E-state index contributed by atoms with van der Waals surface area (Å²) in [5, 5.41) is 12.4. The molecule has 84 valence electrons. The Balaban J connectivity index is 2.32. The highest BCUT2D eigenvalue weighted by molar-refractivity contribution is 4.77. The van der Waals surface area contributed by atoms with Crippen molar-refractivity contribution < 1.29 is 5.11 Å². The van der Waals surface area contributed by atoms with Crippen LogP contribution in [0.4, 0.5) is 0 Å². The van der Waals surface area contributed by atoms with E-state index in [-0.39, 0.29) is 0 Å². The fraction of sp³-hybridized carbons (Fsp3) is 1.00. The maximum Gasteiger partial charge on any atom is 0.0586 e. The minimum Gasteiger partial charge on any atom is -0.395 e. The number of nitrogens with one attached hydrogen (secondary N) is 1. The molecule has 14 heavy (non-hydrogen) atoms. The SMILES string of the molecule is CNCC(C)CN1CCCCC1CO. The van der Waals surface area contributed by atoms with Crippen LogP contribution < -0.4 is 5.32 Å². The molecule has 2 unspecified atom stereocenters. The Labute approximate surface area is 87.5 Å². The monoisotopic (exact) mass is 200 g/mol. The first-order valence-electron chi connectivity index (χ1n) is 5.77. The van der Waals surface area contributed by atoms with Gasteiger partial charge in [0.15, 0.2) is 0 Å². The van der Waals surface area contributed by atoms with Gasteiger partial charge in [0, 0.05) is 12.6 Å². The summed E-state index contributed by atoms with van der Waals surface area (Å²) in [7, 11) is 2.00. The van der Waals surface area contributed by atoms with Crippen LogP contribution in [0.1, 0.15) is 26.2 Å². The van der Waals surface area contributed by atoms with Crippen molar-refractivity contribution in [1.29, 1.82) is 0 Å². The molecule has 0 aliphatic carbocycles. The Bertz CT molecular complexity index is 152. The number of aliphatic hydroxyl groups is 1. The van der Waals surface area contributed by atoms with Gasteiger partial charge in [0.25, 0.3) is 0 Å². The van der Waals surface area contributed by atoms with Crippen LogP contribution in [0, 0.1) is 5.92 Å². The predicted octanol–water partition coefficient (Wildman–Crippen LogP) is 0.689. The molecule has 0 amide bonds. The second kappa shape index (κ2) is 6.38. The molecule has 0 aromatic rings. The van der Waals surface area contributed by atoms with Gasteiger partial charge >= 0.3 is 0 Å². The average molecular weight is 200 g/mol. The summed E-state index contributed by atoms with van der Waals surface area (Å²) in [4.78, 5) is 2.45. The Morgan fingerprint density at radius 3 is 2.93 bits per heavy atom. The van der Waals surface area contributed by atoms with Gasteiger partial charge in [0.1, 0.15) is 0 Å². The second-order valence-corrected chi connectivity index (χ2v) is 4.49. The molecule has 0 saturated carbocycles. The Morgan fingerprint density at radius 1 is 1.50 bits per heavy atom. The lowest BCUT2D eigenvalue weighted by Gasteiger charge is -2.36. The average Bonchev–Trinajstić information content (AvgIpc) is 2.19. The van der Waals surface area contributed by atoms with Crippen molar-refractivity contribution in [2.45, 2.75) is 32.2 Å². The molecule has 1 aliphatic heterocycles. The Kier molecular flexibility index (Phi) is 5.45. The van der Waals surface area contributed by atoms with Gasteiger partial charge in [-0.2, -0.15) is 0 Å². The fourth-order valence-electron chi connectivity index (χ4n) is 2.32. The van der Waals surface area contributed by atoms with E-state index in [2.05, 4.69) is 17.1 Å².